The third-order valence-corrected chi connectivity index (χ3v) is 3.06. The van der Waals surface area contributed by atoms with Gasteiger partial charge in [-0.2, -0.15) is 0 Å². The summed E-state index contributed by atoms with van der Waals surface area (Å²) >= 11 is 7.53. The summed E-state index contributed by atoms with van der Waals surface area (Å²) in [7, 11) is 3.11. The van der Waals surface area contributed by atoms with Crippen molar-refractivity contribution in [2.75, 3.05) is 20.6 Å². The molecule has 0 radical (unpaired) electrons. The SMILES string of the molecule is CNC(=O)CN(C)C(=O)c1ccc(Br)cc1S. The minimum atomic E-state index is -0.230. The fourth-order valence-electron chi connectivity index (χ4n) is 1.26. The third kappa shape index (κ3) is 3.74. The molecule has 92 valence electrons. The van der Waals surface area contributed by atoms with Crippen LogP contribution in [-0.4, -0.2) is 37.4 Å². The standard InChI is InChI=1S/C11H13BrN2O2S/c1-13-10(15)6-14(2)11(16)8-4-3-7(12)5-9(8)17/h3-5,17H,6H2,1-2H3,(H,13,15). The molecule has 0 aliphatic heterocycles. The lowest BCUT2D eigenvalue weighted by atomic mass is 10.2. The number of amides is 2. The summed E-state index contributed by atoms with van der Waals surface area (Å²) in [4.78, 5) is 25.1. The summed E-state index contributed by atoms with van der Waals surface area (Å²) in [6, 6.07) is 5.18. The van der Waals surface area contributed by atoms with Gasteiger partial charge >= 0.3 is 0 Å². The molecule has 1 N–H and O–H groups in total. The van der Waals surface area contributed by atoms with Gasteiger partial charge in [0, 0.05) is 23.5 Å². The van der Waals surface area contributed by atoms with Crippen LogP contribution >= 0.6 is 28.6 Å². The van der Waals surface area contributed by atoms with Gasteiger partial charge in [0.15, 0.2) is 0 Å². The van der Waals surface area contributed by atoms with Crippen molar-refractivity contribution in [2.45, 2.75) is 4.90 Å². The molecule has 0 heterocycles. The van der Waals surface area contributed by atoms with E-state index in [1.165, 1.54) is 11.9 Å². The lowest BCUT2D eigenvalue weighted by molar-refractivity contribution is -0.121. The number of rotatable bonds is 3. The Balaban J connectivity index is 2.85. The molecule has 0 saturated carbocycles. The highest BCUT2D eigenvalue weighted by atomic mass is 79.9. The molecule has 4 nitrogen and oxygen atoms in total. The van der Waals surface area contributed by atoms with Gasteiger partial charge in [0.25, 0.3) is 5.91 Å². The Hall–Kier alpha value is -1.01. The maximum absolute atomic E-state index is 12.0. The van der Waals surface area contributed by atoms with Crippen molar-refractivity contribution >= 4 is 40.4 Å². The number of hydrogen-bond donors (Lipinski definition) is 2. The van der Waals surface area contributed by atoms with Crippen molar-refractivity contribution < 1.29 is 9.59 Å². The predicted octanol–water partition coefficient (Wildman–Crippen LogP) is 1.56. The molecular weight excluding hydrogens is 304 g/mol. The molecule has 1 aromatic rings. The molecule has 2 amide bonds. The lowest BCUT2D eigenvalue weighted by Crippen LogP contribution is -2.37. The zero-order chi connectivity index (χ0) is 13.0. The summed E-state index contributed by atoms with van der Waals surface area (Å²) < 4.78 is 0.855. The Kier molecular flexibility index (Phi) is 5.02. The number of hydrogen-bond acceptors (Lipinski definition) is 3. The van der Waals surface area contributed by atoms with Gasteiger partial charge in [-0.15, -0.1) is 12.6 Å². The van der Waals surface area contributed by atoms with Crippen LogP contribution in [0.3, 0.4) is 0 Å². The molecule has 0 bridgehead atoms. The lowest BCUT2D eigenvalue weighted by Gasteiger charge is -2.17. The summed E-state index contributed by atoms with van der Waals surface area (Å²) in [5.41, 5.74) is 0.475. The molecule has 0 fully saturated rings. The number of likely N-dealkylation sites (N-methyl/N-ethyl adjacent to an activating group) is 2. The quantitative estimate of drug-likeness (QED) is 0.831. The first-order valence-electron chi connectivity index (χ1n) is 4.90. The van der Waals surface area contributed by atoms with E-state index in [0.717, 1.165) is 4.47 Å². The first kappa shape index (κ1) is 14.1. The molecule has 0 aromatic heterocycles. The Labute approximate surface area is 114 Å². The molecule has 0 aliphatic rings. The average molecular weight is 317 g/mol. The largest absolute Gasteiger partial charge is 0.358 e. The first-order chi connectivity index (χ1) is 7.95. The molecule has 0 saturated heterocycles. The molecule has 6 heteroatoms. The molecule has 0 aliphatic carbocycles. The van der Waals surface area contributed by atoms with Gasteiger partial charge in [0.05, 0.1) is 12.1 Å². The van der Waals surface area contributed by atoms with Crippen molar-refractivity contribution in [3.63, 3.8) is 0 Å². The molecule has 1 aromatic carbocycles. The Morgan fingerprint density at radius 1 is 1.47 bits per heavy atom. The van der Waals surface area contributed by atoms with Crippen LogP contribution < -0.4 is 5.32 Å². The first-order valence-corrected chi connectivity index (χ1v) is 6.14. The number of carbonyl (C=O) groups excluding carboxylic acids is 2. The van der Waals surface area contributed by atoms with Gasteiger partial charge in [0.1, 0.15) is 0 Å². The van der Waals surface area contributed by atoms with Crippen LogP contribution in [-0.2, 0) is 4.79 Å². The van der Waals surface area contributed by atoms with E-state index in [0.29, 0.717) is 10.5 Å². The molecular formula is C11H13BrN2O2S. The number of halogens is 1. The number of carbonyl (C=O) groups is 2. The second-order valence-electron chi connectivity index (χ2n) is 3.50. The normalized spacial score (nSPS) is 9.88. The zero-order valence-electron chi connectivity index (χ0n) is 9.53. The van der Waals surface area contributed by atoms with Gasteiger partial charge in [-0.1, -0.05) is 15.9 Å². The zero-order valence-corrected chi connectivity index (χ0v) is 12.0. The van der Waals surface area contributed by atoms with Crippen LogP contribution in [0.1, 0.15) is 10.4 Å². The van der Waals surface area contributed by atoms with E-state index in [9.17, 15) is 9.59 Å². The second-order valence-corrected chi connectivity index (χ2v) is 4.89. The van der Waals surface area contributed by atoms with Crippen LogP contribution in [0.25, 0.3) is 0 Å². The van der Waals surface area contributed by atoms with Crippen molar-refractivity contribution in [1.29, 1.82) is 0 Å². The fourth-order valence-corrected chi connectivity index (χ4v) is 2.10. The number of thiol groups is 1. The van der Waals surface area contributed by atoms with Crippen molar-refractivity contribution in [3.8, 4) is 0 Å². The monoisotopic (exact) mass is 316 g/mol. The number of nitrogens with one attached hydrogen (secondary N) is 1. The maximum atomic E-state index is 12.0. The Morgan fingerprint density at radius 3 is 2.65 bits per heavy atom. The van der Waals surface area contributed by atoms with E-state index < -0.39 is 0 Å². The van der Waals surface area contributed by atoms with Crippen LogP contribution in [0.4, 0.5) is 0 Å². The van der Waals surface area contributed by atoms with Crippen molar-refractivity contribution in [1.82, 2.24) is 10.2 Å². The number of nitrogens with zero attached hydrogens (tertiary/aromatic N) is 1. The minimum absolute atomic E-state index is 0.0264. The van der Waals surface area contributed by atoms with Gasteiger partial charge in [0.2, 0.25) is 5.91 Å². The molecule has 0 unspecified atom stereocenters. The average Bonchev–Trinajstić information content (AvgIpc) is 2.28. The maximum Gasteiger partial charge on any atom is 0.255 e. The van der Waals surface area contributed by atoms with Crippen molar-refractivity contribution in [2.24, 2.45) is 0 Å². The third-order valence-electron chi connectivity index (χ3n) is 2.20. The summed E-state index contributed by atoms with van der Waals surface area (Å²) in [5, 5.41) is 2.47. The minimum Gasteiger partial charge on any atom is -0.358 e. The van der Waals surface area contributed by atoms with Gasteiger partial charge in [-0.3, -0.25) is 9.59 Å². The van der Waals surface area contributed by atoms with E-state index in [1.807, 2.05) is 0 Å². The molecule has 0 atom stereocenters. The fraction of sp³-hybridized carbons (Fsp3) is 0.273. The Bertz CT molecular complexity index is 451. The van der Waals surface area contributed by atoms with Crippen LogP contribution in [0.5, 0.6) is 0 Å². The summed E-state index contributed by atoms with van der Waals surface area (Å²) in [6.07, 6.45) is 0. The van der Waals surface area contributed by atoms with E-state index in [1.54, 1.807) is 25.2 Å². The van der Waals surface area contributed by atoms with Gasteiger partial charge < -0.3 is 10.2 Å². The molecule has 17 heavy (non-hydrogen) atoms. The predicted molar refractivity (Wildman–Crippen MR) is 72.4 cm³/mol. The van der Waals surface area contributed by atoms with E-state index >= 15 is 0 Å². The molecule has 1 rings (SSSR count). The molecule has 0 spiro atoms. The van der Waals surface area contributed by atoms with Crippen LogP contribution in [0.15, 0.2) is 27.6 Å². The van der Waals surface area contributed by atoms with Crippen molar-refractivity contribution in [3.05, 3.63) is 28.2 Å². The van der Waals surface area contributed by atoms with Gasteiger partial charge in [-0.25, -0.2) is 0 Å². The highest BCUT2D eigenvalue weighted by molar-refractivity contribution is 9.10. The van der Waals surface area contributed by atoms with E-state index in [2.05, 4.69) is 33.9 Å². The Morgan fingerprint density at radius 2 is 2.12 bits per heavy atom. The summed E-state index contributed by atoms with van der Waals surface area (Å²) in [6.45, 7) is 0.0264. The summed E-state index contributed by atoms with van der Waals surface area (Å²) in [5.74, 6) is -0.440. The topological polar surface area (TPSA) is 49.4 Å². The highest BCUT2D eigenvalue weighted by Gasteiger charge is 2.16. The smallest absolute Gasteiger partial charge is 0.255 e. The van der Waals surface area contributed by atoms with Crippen LogP contribution in [0, 0.1) is 0 Å². The number of benzene rings is 1. The van der Waals surface area contributed by atoms with Crippen LogP contribution in [0.2, 0.25) is 0 Å². The second kappa shape index (κ2) is 6.07. The highest BCUT2D eigenvalue weighted by Crippen LogP contribution is 2.20. The van der Waals surface area contributed by atoms with Gasteiger partial charge in [-0.05, 0) is 18.2 Å². The van der Waals surface area contributed by atoms with E-state index in [4.69, 9.17) is 0 Å². The van der Waals surface area contributed by atoms with E-state index in [-0.39, 0.29) is 18.4 Å².